The number of rotatable bonds is 9. The van der Waals surface area contributed by atoms with Gasteiger partial charge in [-0.15, -0.1) is 11.8 Å². The lowest BCUT2D eigenvalue weighted by Gasteiger charge is -2.50. The van der Waals surface area contributed by atoms with Crippen molar-refractivity contribution < 1.29 is 33.7 Å². The van der Waals surface area contributed by atoms with Crippen LogP contribution in [0.5, 0.6) is 0 Å². The normalized spacial score (nSPS) is 19.5. The first-order chi connectivity index (χ1) is 16.8. The number of fused-ring (bicyclic) bond motifs is 1. The third-order valence-corrected chi connectivity index (χ3v) is 6.92. The van der Waals surface area contributed by atoms with E-state index in [1.165, 1.54) is 18.9 Å². The summed E-state index contributed by atoms with van der Waals surface area (Å²) < 4.78 is 5.60. The summed E-state index contributed by atoms with van der Waals surface area (Å²) in [5.41, 5.74) is 6.01. The van der Waals surface area contributed by atoms with Gasteiger partial charge in [-0.05, 0) is 6.07 Å². The van der Waals surface area contributed by atoms with E-state index >= 15 is 0 Å². The van der Waals surface area contributed by atoms with Gasteiger partial charge in [0.2, 0.25) is 17.9 Å². The lowest BCUT2D eigenvalue weighted by molar-refractivity contribution is -0.688. The second-order valence-corrected chi connectivity index (χ2v) is 9.09. The first-order valence-electron chi connectivity index (χ1n) is 9.93. The van der Waals surface area contributed by atoms with Crippen molar-refractivity contribution in [2.45, 2.75) is 18.0 Å². The molecule has 1 saturated heterocycles. The third kappa shape index (κ3) is 4.78. The minimum absolute atomic E-state index is 0.0623. The number of hydrogen-bond acceptors (Lipinski definition) is 12. The molecule has 182 valence electrons. The molecule has 0 radical (unpaired) electrons. The quantitative estimate of drug-likeness (QED) is 0.104. The Bertz CT molecular complexity index is 1260. The highest BCUT2D eigenvalue weighted by Gasteiger charge is 2.53. The van der Waals surface area contributed by atoms with Gasteiger partial charge in [0, 0.05) is 28.9 Å². The van der Waals surface area contributed by atoms with Gasteiger partial charge in [-0.25, -0.2) is 0 Å². The molecule has 0 spiro atoms. The van der Waals surface area contributed by atoms with Crippen molar-refractivity contribution in [3.63, 3.8) is 0 Å². The number of nitrogens with zero attached hydrogens (tertiary/aromatic N) is 5. The summed E-state index contributed by atoms with van der Waals surface area (Å²) in [5.74, 6) is -2.69. The van der Waals surface area contributed by atoms with E-state index in [4.69, 9.17) is 5.73 Å². The number of thioether (sulfide) groups is 1. The van der Waals surface area contributed by atoms with Gasteiger partial charge in [0.1, 0.15) is 24.2 Å². The van der Waals surface area contributed by atoms with Crippen molar-refractivity contribution in [3.05, 3.63) is 41.6 Å². The highest BCUT2D eigenvalue weighted by Crippen LogP contribution is 2.40. The van der Waals surface area contributed by atoms with Crippen LogP contribution in [-0.4, -0.2) is 68.4 Å². The number of carboxylic acids is 1. The van der Waals surface area contributed by atoms with Crippen LogP contribution in [0.3, 0.4) is 0 Å². The molecule has 4 N–H and O–H groups in total. The van der Waals surface area contributed by atoms with Crippen molar-refractivity contribution in [1.29, 1.82) is 0 Å². The smallest absolute Gasteiger partial charge is 0.278 e. The van der Waals surface area contributed by atoms with Crippen LogP contribution in [0.25, 0.3) is 0 Å². The molecule has 4 rings (SSSR count). The fraction of sp³-hybridized carbons (Fsp3) is 0.263. The number of aromatic nitrogens is 3. The van der Waals surface area contributed by atoms with Crippen LogP contribution in [0.15, 0.2) is 41.0 Å². The minimum atomic E-state index is -1.50. The van der Waals surface area contributed by atoms with E-state index in [9.17, 15) is 24.3 Å². The maximum atomic E-state index is 12.9. The molecule has 2 aliphatic heterocycles. The number of nitrogens with two attached hydrogens (primary N) is 1. The predicted molar refractivity (Wildman–Crippen MR) is 121 cm³/mol. The van der Waals surface area contributed by atoms with Gasteiger partial charge >= 0.3 is 0 Å². The van der Waals surface area contributed by atoms with E-state index in [1.54, 1.807) is 29.1 Å². The van der Waals surface area contributed by atoms with Crippen molar-refractivity contribution in [2.75, 3.05) is 23.9 Å². The molecular formula is C19H18N8O6S2. The van der Waals surface area contributed by atoms with Crippen LogP contribution in [0.4, 0.5) is 10.8 Å². The number of amides is 3. The molecule has 1 unspecified atom stereocenters. The van der Waals surface area contributed by atoms with Gasteiger partial charge in [-0.3, -0.25) is 19.3 Å². The fourth-order valence-electron chi connectivity index (χ4n) is 3.60. The average molecular weight is 519 g/mol. The number of carbonyl (C=O) groups is 4. The molecule has 2 aromatic rings. The van der Waals surface area contributed by atoms with E-state index in [0.717, 1.165) is 16.4 Å². The summed E-state index contributed by atoms with van der Waals surface area (Å²) in [6, 6.07) is 2.36. The predicted octanol–water partition coefficient (Wildman–Crippen LogP) is -2.57. The number of hydrogen-bond donors (Lipinski definition) is 3. The van der Waals surface area contributed by atoms with Crippen LogP contribution in [0, 0.1) is 0 Å². The fourth-order valence-corrected chi connectivity index (χ4v) is 5.37. The van der Waals surface area contributed by atoms with E-state index in [0.29, 0.717) is 17.7 Å². The summed E-state index contributed by atoms with van der Waals surface area (Å²) in [4.78, 5) is 58.0. The summed E-state index contributed by atoms with van der Waals surface area (Å²) >= 11 is 2.15. The standard InChI is InChI=1S/C19H18N8O6S2/c1-33-24-11(14-23-19(20)35-25-14)15(29)22-12-16(30)27-13(18(31)32)9(7-34-17(12)27)5-26-4-2-3-10(6-26)21-8-28/h2-4,6,8,12,17H,5,7H2,1H3,(H4-,20,21,22,23,25,28,29,31,32)/t12?,17-/m0/s1. The number of carbonyl (C=O) groups excluding carboxylic acids is 4. The SMILES string of the molecule is CON=C(C(=O)NC1C(=O)N2C(C(=O)[O-])=C(C[n+]3cccc(NC=O)c3)CS[C@@H]12)c1nsc(N)n1. The van der Waals surface area contributed by atoms with Crippen LogP contribution in [0.1, 0.15) is 5.82 Å². The van der Waals surface area contributed by atoms with Crippen molar-refractivity contribution in [1.82, 2.24) is 19.6 Å². The molecule has 2 aliphatic rings. The number of anilines is 2. The number of β-lactam (4-membered cyclic amide) rings is 1. The Morgan fingerprint density at radius 3 is 2.94 bits per heavy atom. The Morgan fingerprint density at radius 1 is 1.49 bits per heavy atom. The van der Waals surface area contributed by atoms with Crippen LogP contribution >= 0.6 is 23.3 Å². The molecule has 0 aromatic carbocycles. The zero-order valence-electron chi connectivity index (χ0n) is 18.0. The summed E-state index contributed by atoms with van der Waals surface area (Å²) in [6.45, 7) is 0.153. The summed E-state index contributed by atoms with van der Waals surface area (Å²) in [7, 11) is 1.23. The average Bonchev–Trinajstić information content (AvgIpc) is 3.26. The summed E-state index contributed by atoms with van der Waals surface area (Å²) in [6.07, 6.45) is 3.85. The van der Waals surface area contributed by atoms with E-state index < -0.39 is 29.2 Å². The van der Waals surface area contributed by atoms with E-state index in [2.05, 4.69) is 30.0 Å². The first-order valence-corrected chi connectivity index (χ1v) is 11.7. The molecule has 3 amide bonds. The lowest BCUT2D eigenvalue weighted by Crippen LogP contribution is -2.71. The number of nitrogen functional groups attached to an aromatic ring is 1. The van der Waals surface area contributed by atoms with Gasteiger partial charge in [-0.1, -0.05) is 5.16 Å². The molecule has 1 fully saturated rings. The van der Waals surface area contributed by atoms with Crippen molar-refractivity contribution in [2.24, 2.45) is 5.16 Å². The van der Waals surface area contributed by atoms with E-state index in [1.807, 2.05) is 0 Å². The zero-order valence-corrected chi connectivity index (χ0v) is 19.7. The molecule has 0 bridgehead atoms. The molecule has 35 heavy (non-hydrogen) atoms. The largest absolute Gasteiger partial charge is 0.543 e. The molecule has 0 aliphatic carbocycles. The molecule has 16 heteroatoms. The lowest BCUT2D eigenvalue weighted by atomic mass is 10.0. The molecule has 2 aromatic heterocycles. The van der Waals surface area contributed by atoms with Gasteiger partial charge in [0.25, 0.3) is 11.8 Å². The Morgan fingerprint density at radius 2 is 2.29 bits per heavy atom. The Kier molecular flexibility index (Phi) is 6.92. The molecule has 14 nitrogen and oxygen atoms in total. The Balaban J connectivity index is 1.53. The number of carboxylic acid groups (broad SMARTS) is 1. The second-order valence-electron chi connectivity index (χ2n) is 7.21. The minimum Gasteiger partial charge on any atom is -0.543 e. The van der Waals surface area contributed by atoms with E-state index in [-0.39, 0.29) is 34.7 Å². The third-order valence-electron chi connectivity index (χ3n) is 5.04. The molecule has 2 atom stereocenters. The highest BCUT2D eigenvalue weighted by atomic mass is 32.2. The molecule has 0 saturated carbocycles. The van der Waals surface area contributed by atoms with Crippen LogP contribution in [0.2, 0.25) is 0 Å². The molecule has 4 heterocycles. The van der Waals surface area contributed by atoms with Gasteiger partial charge in [0.05, 0.1) is 11.7 Å². The monoisotopic (exact) mass is 518 g/mol. The van der Waals surface area contributed by atoms with Gasteiger partial charge in [-0.2, -0.15) is 13.9 Å². The van der Waals surface area contributed by atoms with Crippen LogP contribution < -0.4 is 26.0 Å². The maximum Gasteiger partial charge on any atom is 0.278 e. The van der Waals surface area contributed by atoms with Crippen molar-refractivity contribution >= 4 is 64.0 Å². The van der Waals surface area contributed by atoms with Gasteiger partial charge < -0.3 is 31.1 Å². The maximum absolute atomic E-state index is 12.9. The Hall–Kier alpha value is -4.05. The van der Waals surface area contributed by atoms with Crippen LogP contribution in [-0.2, 0) is 30.6 Å². The second kappa shape index (κ2) is 10.1. The number of oxime groups is 1. The zero-order chi connectivity index (χ0) is 25.1. The number of aliphatic carboxylic acids is 1. The topological polar surface area (TPSA) is 196 Å². The molecular weight excluding hydrogens is 500 g/mol. The number of pyridine rings is 1. The summed E-state index contributed by atoms with van der Waals surface area (Å²) in [5, 5.41) is 20.1. The number of nitrogens with one attached hydrogen (secondary N) is 2. The Labute approximate surface area is 206 Å². The van der Waals surface area contributed by atoms with Gasteiger partial charge in [0.15, 0.2) is 24.1 Å². The first kappa shape index (κ1) is 24.1. The highest BCUT2D eigenvalue weighted by molar-refractivity contribution is 8.00. The van der Waals surface area contributed by atoms with Crippen molar-refractivity contribution in [3.8, 4) is 0 Å².